The van der Waals surface area contributed by atoms with Crippen LogP contribution < -0.4 is 15.4 Å². The van der Waals surface area contributed by atoms with Crippen molar-refractivity contribution in [1.29, 1.82) is 0 Å². The van der Waals surface area contributed by atoms with E-state index in [-0.39, 0.29) is 5.97 Å². The van der Waals surface area contributed by atoms with E-state index < -0.39 is 0 Å². The molecule has 0 saturated carbocycles. The van der Waals surface area contributed by atoms with E-state index in [4.69, 9.17) is 21.7 Å². The maximum absolute atomic E-state index is 12.5. The SMILES string of the molecule is C=CCNC(=S)Nc1scc(-c2ccc(OC)cc2)c1C(=O)OCC. The second-order valence-electron chi connectivity index (χ2n) is 4.93. The van der Waals surface area contributed by atoms with Gasteiger partial charge >= 0.3 is 5.97 Å². The summed E-state index contributed by atoms with van der Waals surface area (Å²) in [5.41, 5.74) is 2.16. The lowest BCUT2D eigenvalue weighted by Crippen LogP contribution is -2.28. The van der Waals surface area contributed by atoms with E-state index >= 15 is 0 Å². The third kappa shape index (κ3) is 4.80. The number of nitrogens with one attached hydrogen (secondary N) is 2. The van der Waals surface area contributed by atoms with E-state index in [1.165, 1.54) is 11.3 Å². The van der Waals surface area contributed by atoms with E-state index in [2.05, 4.69) is 17.2 Å². The molecule has 0 fully saturated rings. The predicted molar refractivity (Wildman–Crippen MR) is 107 cm³/mol. The van der Waals surface area contributed by atoms with Crippen molar-refractivity contribution in [2.24, 2.45) is 0 Å². The first-order chi connectivity index (χ1) is 12.1. The van der Waals surface area contributed by atoms with Gasteiger partial charge in [-0.3, -0.25) is 0 Å². The maximum atomic E-state index is 12.5. The molecule has 0 bridgehead atoms. The molecule has 0 radical (unpaired) electrons. The number of thiocarbonyl (C=S) groups is 1. The molecule has 2 aromatic rings. The summed E-state index contributed by atoms with van der Waals surface area (Å²) in [4.78, 5) is 12.5. The summed E-state index contributed by atoms with van der Waals surface area (Å²) < 4.78 is 10.4. The molecule has 7 heteroatoms. The Balaban J connectivity index is 2.36. The Labute approximate surface area is 156 Å². The number of anilines is 1. The number of ether oxygens (including phenoxy) is 2. The van der Waals surface area contributed by atoms with Gasteiger partial charge in [-0.15, -0.1) is 17.9 Å². The van der Waals surface area contributed by atoms with Crippen molar-refractivity contribution in [2.75, 3.05) is 25.6 Å². The van der Waals surface area contributed by atoms with E-state index in [1.54, 1.807) is 20.1 Å². The highest BCUT2D eigenvalue weighted by atomic mass is 32.1. The summed E-state index contributed by atoms with van der Waals surface area (Å²) >= 11 is 6.64. The fourth-order valence-electron chi connectivity index (χ4n) is 2.15. The molecule has 0 amide bonds. The number of thiophene rings is 1. The Morgan fingerprint density at radius 2 is 2.08 bits per heavy atom. The summed E-state index contributed by atoms with van der Waals surface area (Å²) in [6, 6.07) is 7.51. The molecule has 25 heavy (non-hydrogen) atoms. The number of rotatable bonds is 7. The van der Waals surface area contributed by atoms with Gasteiger partial charge in [0.1, 0.15) is 16.3 Å². The minimum absolute atomic E-state index is 0.301. The molecule has 2 N–H and O–H groups in total. The molecule has 0 saturated heterocycles. The fourth-order valence-corrected chi connectivity index (χ4v) is 3.36. The highest BCUT2D eigenvalue weighted by Gasteiger charge is 2.22. The molecular weight excluding hydrogens is 356 g/mol. The van der Waals surface area contributed by atoms with E-state index in [9.17, 15) is 4.79 Å². The van der Waals surface area contributed by atoms with Crippen molar-refractivity contribution in [1.82, 2.24) is 5.32 Å². The molecule has 1 heterocycles. The van der Waals surface area contributed by atoms with E-state index in [0.717, 1.165) is 16.9 Å². The van der Waals surface area contributed by atoms with Gasteiger partial charge in [-0.2, -0.15) is 0 Å². The summed E-state index contributed by atoms with van der Waals surface area (Å²) in [6.07, 6.45) is 1.71. The Bertz CT molecular complexity index is 754. The minimum Gasteiger partial charge on any atom is -0.497 e. The van der Waals surface area contributed by atoms with Gasteiger partial charge in [-0.25, -0.2) is 4.79 Å². The van der Waals surface area contributed by atoms with Crippen LogP contribution in [0.2, 0.25) is 0 Å². The van der Waals surface area contributed by atoms with Crippen LogP contribution in [0, 0.1) is 0 Å². The zero-order valence-electron chi connectivity index (χ0n) is 14.1. The van der Waals surface area contributed by atoms with Crippen LogP contribution in [0.4, 0.5) is 5.00 Å². The molecule has 2 rings (SSSR count). The third-order valence-electron chi connectivity index (χ3n) is 3.31. The number of benzene rings is 1. The molecule has 1 aromatic heterocycles. The van der Waals surface area contributed by atoms with Crippen LogP contribution in [0.25, 0.3) is 11.1 Å². The van der Waals surface area contributed by atoms with Crippen molar-refractivity contribution in [3.05, 3.63) is 47.9 Å². The number of esters is 1. The third-order valence-corrected chi connectivity index (χ3v) is 4.45. The van der Waals surface area contributed by atoms with Gasteiger partial charge in [0.25, 0.3) is 0 Å². The summed E-state index contributed by atoms with van der Waals surface area (Å²) in [5, 5.41) is 9.02. The van der Waals surface area contributed by atoms with Gasteiger partial charge < -0.3 is 20.1 Å². The van der Waals surface area contributed by atoms with Crippen LogP contribution in [0.5, 0.6) is 5.75 Å². The van der Waals surface area contributed by atoms with E-state index in [0.29, 0.717) is 28.8 Å². The quantitative estimate of drug-likeness (QED) is 0.431. The van der Waals surface area contributed by atoms with Crippen LogP contribution in [0.3, 0.4) is 0 Å². The van der Waals surface area contributed by atoms with Crippen LogP contribution >= 0.6 is 23.6 Å². The Kier molecular flexibility index (Phi) is 6.97. The van der Waals surface area contributed by atoms with Crippen molar-refractivity contribution >= 4 is 39.6 Å². The molecule has 0 atom stereocenters. The van der Waals surface area contributed by atoms with Crippen molar-refractivity contribution in [3.8, 4) is 16.9 Å². The second-order valence-corrected chi connectivity index (χ2v) is 6.21. The molecule has 1 aromatic carbocycles. The normalized spacial score (nSPS) is 10.0. The molecule has 132 valence electrons. The van der Waals surface area contributed by atoms with E-state index in [1.807, 2.05) is 29.6 Å². The summed E-state index contributed by atoms with van der Waals surface area (Å²) in [5.74, 6) is 0.369. The van der Waals surface area contributed by atoms with Crippen molar-refractivity contribution in [3.63, 3.8) is 0 Å². The standard InChI is InChI=1S/C18H20N2O3S2/c1-4-10-19-18(24)20-16-15(17(21)23-5-2)14(11-25-16)12-6-8-13(22-3)9-7-12/h4,6-9,11H,1,5,10H2,2-3H3,(H2,19,20,24). The average Bonchev–Trinajstić information content (AvgIpc) is 3.03. The van der Waals surface area contributed by atoms with Gasteiger partial charge in [-0.1, -0.05) is 18.2 Å². The molecular formula is C18H20N2O3S2. The fraction of sp³-hybridized carbons (Fsp3) is 0.222. The van der Waals surface area contributed by atoms with Gasteiger partial charge in [0, 0.05) is 17.5 Å². The highest BCUT2D eigenvalue weighted by molar-refractivity contribution is 7.80. The lowest BCUT2D eigenvalue weighted by molar-refractivity contribution is 0.0529. The zero-order valence-corrected chi connectivity index (χ0v) is 15.8. The Morgan fingerprint density at radius 1 is 1.36 bits per heavy atom. The largest absolute Gasteiger partial charge is 0.497 e. The first-order valence-corrected chi connectivity index (χ1v) is 8.98. The summed E-state index contributed by atoms with van der Waals surface area (Å²) in [7, 11) is 1.61. The molecule has 0 aliphatic rings. The average molecular weight is 377 g/mol. The van der Waals surface area contributed by atoms with Gasteiger partial charge in [0.05, 0.1) is 13.7 Å². The topological polar surface area (TPSA) is 59.6 Å². The molecule has 0 unspecified atom stereocenters. The van der Waals surface area contributed by atoms with Crippen molar-refractivity contribution < 1.29 is 14.3 Å². The van der Waals surface area contributed by atoms with Gasteiger partial charge in [0.15, 0.2) is 5.11 Å². The first kappa shape index (κ1) is 19.0. The lowest BCUT2D eigenvalue weighted by Gasteiger charge is -2.11. The minimum atomic E-state index is -0.386. The van der Waals surface area contributed by atoms with Crippen LogP contribution in [-0.4, -0.2) is 31.3 Å². The maximum Gasteiger partial charge on any atom is 0.341 e. The molecule has 0 aliphatic heterocycles. The second kappa shape index (κ2) is 9.19. The monoisotopic (exact) mass is 376 g/mol. The van der Waals surface area contributed by atoms with Crippen LogP contribution in [0.1, 0.15) is 17.3 Å². The molecule has 0 aliphatic carbocycles. The lowest BCUT2D eigenvalue weighted by atomic mass is 10.0. The number of hydrogen-bond acceptors (Lipinski definition) is 5. The van der Waals surface area contributed by atoms with Gasteiger partial charge in [-0.05, 0) is 36.8 Å². The first-order valence-electron chi connectivity index (χ1n) is 7.69. The smallest absolute Gasteiger partial charge is 0.341 e. The zero-order chi connectivity index (χ0) is 18.2. The van der Waals surface area contributed by atoms with Gasteiger partial charge in [0.2, 0.25) is 0 Å². The number of methoxy groups -OCH3 is 1. The number of carbonyl (C=O) groups excluding carboxylic acids is 1. The Hall–Kier alpha value is -2.38. The molecule has 5 nitrogen and oxygen atoms in total. The van der Waals surface area contributed by atoms with Crippen LogP contribution in [-0.2, 0) is 4.74 Å². The number of carbonyl (C=O) groups is 1. The summed E-state index contributed by atoms with van der Waals surface area (Å²) in [6.45, 7) is 6.25. The predicted octanol–water partition coefficient (Wildman–Crippen LogP) is 4.07. The molecule has 0 spiro atoms. The Morgan fingerprint density at radius 3 is 2.68 bits per heavy atom. The van der Waals surface area contributed by atoms with Crippen molar-refractivity contribution in [2.45, 2.75) is 6.92 Å². The number of hydrogen-bond donors (Lipinski definition) is 2. The van der Waals surface area contributed by atoms with Crippen LogP contribution in [0.15, 0.2) is 42.3 Å². The highest BCUT2D eigenvalue weighted by Crippen LogP contribution is 2.36.